The Morgan fingerprint density at radius 1 is 0.352 bits per heavy atom. The first-order valence-electron chi connectivity index (χ1n) is 18.3. The molecule has 0 amide bonds. The van der Waals surface area contributed by atoms with Gasteiger partial charge in [0.25, 0.3) is 0 Å². The lowest BCUT2D eigenvalue weighted by atomic mass is 9.91. The van der Waals surface area contributed by atoms with Crippen LogP contribution in [0.15, 0.2) is 176 Å². The number of para-hydroxylation sites is 2. The Balaban J connectivity index is 1.33. The maximum atomic E-state index is 5.30. The molecule has 5 heteroatoms. The monoisotopic (exact) mass is 687 g/mol. The van der Waals surface area contributed by atoms with Crippen molar-refractivity contribution in [1.29, 1.82) is 0 Å². The fourth-order valence-corrected chi connectivity index (χ4v) is 8.90. The van der Waals surface area contributed by atoms with Gasteiger partial charge in [0.2, 0.25) is 5.95 Å². The van der Waals surface area contributed by atoms with Gasteiger partial charge in [-0.1, -0.05) is 146 Å². The van der Waals surface area contributed by atoms with Crippen LogP contribution in [0.1, 0.15) is 0 Å². The highest BCUT2D eigenvalue weighted by molar-refractivity contribution is 6.34. The smallest absolute Gasteiger partial charge is 0.238 e. The SMILES string of the molecule is c1ccc(-c2nc(-c3ccccc3)nc(-n3c4cccc5c4c4c(c6c7ccccc7n(-c7ccccc7)c6cc43)-c3cccc4cccc-5c34)n2)cc1. The minimum absolute atomic E-state index is 0.583. The Bertz CT molecular complexity index is 3240. The summed E-state index contributed by atoms with van der Waals surface area (Å²) in [5.74, 6) is 1.85. The lowest BCUT2D eigenvalue weighted by Crippen LogP contribution is -2.06. The summed E-state index contributed by atoms with van der Waals surface area (Å²) >= 11 is 0. The molecule has 1 aliphatic rings. The number of fused-ring (bicyclic) bond motifs is 6. The van der Waals surface area contributed by atoms with E-state index in [1.54, 1.807) is 0 Å². The first kappa shape index (κ1) is 29.2. The first-order valence-corrected chi connectivity index (χ1v) is 18.3. The molecule has 0 aliphatic heterocycles. The Hall–Kier alpha value is -7.37. The molecule has 11 aromatic rings. The van der Waals surface area contributed by atoms with Crippen molar-refractivity contribution in [2.45, 2.75) is 0 Å². The van der Waals surface area contributed by atoms with Crippen molar-refractivity contribution >= 4 is 54.4 Å². The molecule has 0 unspecified atom stereocenters. The fraction of sp³-hybridized carbons (Fsp3) is 0. The number of aromatic nitrogens is 5. The van der Waals surface area contributed by atoms with Gasteiger partial charge in [-0.25, -0.2) is 4.98 Å². The molecule has 3 aromatic heterocycles. The number of nitrogens with zero attached hydrogens (tertiary/aromatic N) is 5. The summed E-state index contributed by atoms with van der Waals surface area (Å²) in [6.07, 6.45) is 0. The third-order valence-corrected chi connectivity index (χ3v) is 11.1. The highest BCUT2D eigenvalue weighted by Gasteiger charge is 2.30. The van der Waals surface area contributed by atoms with Crippen molar-refractivity contribution in [2.75, 3.05) is 0 Å². The molecule has 0 saturated heterocycles. The summed E-state index contributed by atoms with van der Waals surface area (Å²) in [7, 11) is 0. The number of benzene rings is 8. The molecule has 5 nitrogen and oxygen atoms in total. The number of rotatable bonds is 4. The van der Waals surface area contributed by atoms with Crippen LogP contribution < -0.4 is 0 Å². The summed E-state index contributed by atoms with van der Waals surface area (Å²) in [6.45, 7) is 0. The van der Waals surface area contributed by atoms with Gasteiger partial charge in [-0.2, -0.15) is 9.97 Å². The molecule has 54 heavy (non-hydrogen) atoms. The van der Waals surface area contributed by atoms with E-state index in [9.17, 15) is 0 Å². The second kappa shape index (κ2) is 11.1. The van der Waals surface area contributed by atoms with Gasteiger partial charge < -0.3 is 4.57 Å². The highest BCUT2D eigenvalue weighted by Crippen LogP contribution is 2.53. The molecule has 1 aliphatic carbocycles. The Morgan fingerprint density at radius 3 is 1.61 bits per heavy atom. The molecule has 0 saturated carbocycles. The second-order valence-corrected chi connectivity index (χ2v) is 14.0. The van der Waals surface area contributed by atoms with Crippen molar-refractivity contribution in [2.24, 2.45) is 0 Å². The minimum atomic E-state index is 0.583. The summed E-state index contributed by atoms with van der Waals surface area (Å²) in [4.78, 5) is 15.6. The van der Waals surface area contributed by atoms with Gasteiger partial charge in [0.15, 0.2) is 11.6 Å². The standard InChI is InChI=1S/C49H29N5/c1-4-15-31(16-5-1)47-50-48(32-17-6-2-7-18-32)52-49(51-47)54-39-28-14-25-35-34-24-12-19-30-20-13-26-37(42(30)34)45-44-36-23-10-11-27-38(36)53(33-21-8-3-9-22-33)40(44)29-41(54)46(45)43(35)39/h1-29H. The zero-order valence-corrected chi connectivity index (χ0v) is 29.0. The predicted octanol–water partition coefficient (Wildman–Crippen LogP) is 12.2. The first-order chi connectivity index (χ1) is 26.8. The molecule has 0 N–H and O–H groups in total. The van der Waals surface area contributed by atoms with Gasteiger partial charge in [0.1, 0.15) is 0 Å². The quantitative estimate of drug-likeness (QED) is 0.185. The summed E-state index contributed by atoms with van der Waals surface area (Å²) in [6, 6.07) is 62.5. The average molecular weight is 688 g/mol. The predicted molar refractivity (Wildman–Crippen MR) is 221 cm³/mol. The van der Waals surface area contributed by atoms with E-state index in [4.69, 9.17) is 15.0 Å². The summed E-state index contributed by atoms with van der Waals surface area (Å²) in [5.41, 5.74) is 12.3. The third kappa shape index (κ3) is 4.01. The van der Waals surface area contributed by atoms with E-state index < -0.39 is 0 Å². The Morgan fingerprint density at radius 2 is 0.907 bits per heavy atom. The van der Waals surface area contributed by atoms with E-state index in [2.05, 4.69) is 149 Å². The molecule has 250 valence electrons. The molecule has 0 bridgehead atoms. The maximum Gasteiger partial charge on any atom is 0.238 e. The van der Waals surface area contributed by atoms with Crippen molar-refractivity contribution in [3.63, 3.8) is 0 Å². The van der Waals surface area contributed by atoms with Gasteiger partial charge in [0, 0.05) is 43.9 Å². The highest BCUT2D eigenvalue weighted by atomic mass is 15.2. The molecule has 0 fully saturated rings. The van der Waals surface area contributed by atoms with Crippen LogP contribution in [-0.4, -0.2) is 24.1 Å². The van der Waals surface area contributed by atoms with E-state index in [1.165, 1.54) is 60.1 Å². The number of hydrogen-bond donors (Lipinski definition) is 0. The summed E-state index contributed by atoms with van der Waals surface area (Å²) in [5, 5.41) is 7.38. The van der Waals surface area contributed by atoms with Crippen LogP contribution in [-0.2, 0) is 0 Å². The topological polar surface area (TPSA) is 48.5 Å². The van der Waals surface area contributed by atoms with Crippen LogP contribution in [0.2, 0.25) is 0 Å². The van der Waals surface area contributed by atoms with Gasteiger partial charge in [-0.15, -0.1) is 0 Å². The van der Waals surface area contributed by atoms with Gasteiger partial charge >= 0.3 is 0 Å². The van der Waals surface area contributed by atoms with E-state index in [1.807, 2.05) is 36.4 Å². The van der Waals surface area contributed by atoms with Gasteiger partial charge in [-0.05, 0) is 57.8 Å². The Labute approximate surface area is 310 Å². The molecule has 0 radical (unpaired) electrons. The fourth-order valence-electron chi connectivity index (χ4n) is 8.90. The molecule has 12 rings (SSSR count). The summed E-state index contributed by atoms with van der Waals surface area (Å²) < 4.78 is 4.69. The third-order valence-electron chi connectivity index (χ3n) is 11.1. The van der Waals surface area contributed by atoms with Crippen LogP contribution in [0.3, 0.4) is 0 Å². The van der Waals surface area contributed by atoms with Crippen LogP contribution in [0.25, 0.3) is 111 Å². The minimum Gasteiger partial charge on any atom is -0.309 e. The van der Waals surface area contributed by atoms with E-state index in [0.717, 1.165) is 33.4 Å². The molecular formula is C49H29N5. The van der Waals surface area contributed by atoms with Crippen LogP contribution in [0.4, 0.5) is 0 Å². The molecule has 0 spiro atoms. The van der Waals surface area contributed by atoms with Crippen molar-refractivity contribution < 1.29 is 0 Å². The van der Waals surface area contributed by atoms with Gasteiger partial charge in [-0.3, -0.25) is 4.57 Å². The van der Waals surface area contributed by atoms with Crippen LogP contribution in [0, 0.1) is 0 Å². The number of hydrogen-bond acceptors (Lipinski definition) is 3. The zero-order valence-electron chi connectivity index (χ0n) is 29.0. The molecule has 0 atom stereocenters. The second-order valence-electron chi connectivity index (χ2n) is 14.0. The Kier molecular flexibility index (Phi) is 5.99. The van der Waals surface area contributed by atoms with Crippen LogP contribution in [0.5, 0.6) is 0 Å². The normalized spacial score (nSPS) is 12.1. The van der Waals surface area contributed by atoms with Crippen molar-refractivity contribution in [3.8, 4) is 56.7 Å². The molecule has 3 heterocycles. The van der Waals surface area contributed by atoms with Crippen LogP contribution >= 0.6 is 0 Å². The van der Waals surface area contributed by atoms with Crippen molar-refractivity contribution in [1.82, 2.24) is 24.1 Å². The van der Waals surface area contributed by atoms with E-state index >= 15 is 0 Å². The zero-order chi connectivity index (χ0) is 35.3. The largest absolute Gasteiger partial charge is 0.309 e. The van der Waals surface area contributed by atoms with Crippen molar-refractivity contribution in [3.05, 3.63) is 176 Å². The lowest BCUT2D eigenvalue weighted by molar-refractivity contribution is 0.953. The lowest BCUT2D eigenvalue weighted by Gasteiger charge is -2.15. The van der Waals surface area contributed by atoms with E-state index in [0.29, 0.717) is 17.6 Å². The van der Waals surface area contributed by atoms with E-state index in [-0.39, 0.29) is 0 Å². The molecule has 8 aromatic carbocycles. The maximum absolute atomic E-state index is 5.30. The average Bonchev–Trinajstić information content (AvgIpc) is 3.71. The van der Waals surface area contributed by atoms with Gasteiger partial charge in [0.05, 0.1) is 22.1 Å². The molecular weight excluding hydrogens is 659 g/mol.